The van der Waals surface area contributed by atoms with E-state index in [9.17, 15) is 18.8 Å². The second-order valence-corrected chi connectivity index (χ2v) is 11.2. The fourth-order valence-electron chi connectivity index (χ4n) is 3.70. The quantitative estimate of drug-likeness (QED) is 0.290. The molecule has 12 heteroatoms. The van der Waals surface area contributed by atoms with Gasteiger partial charge in [0.15, 0.2) is 11.6 Å². The first-order chi connectivity index (χ1) is 19.7. The van der Waals surface area contributed by atoms with Crippen molar-refractivity contribution in [1.82, 2.24) is 19.7 Å². The molecule has 11 nitrogen and oxygen atoms in total. The van der Waals surface area contributed by atoms with Gasteiger partial charge < -0.3 is 14.8 Å². The molecule has 0 atom stereocenters. The molecule has 1 aromatic carbocycles. The normalized spacial score (nSPS) is 11.5. The molecule has 0 aliphatic heterocycles. The summed E-state index contributed by atoms with van der Waals surface area (Å²) in [5.74, 6) is -1.35. The maximum absolute atomic E-state index is 14.0. The maximum atomic E-state index is 14.0. The standard InChI is InChI=1S/C30H31FN6O5/c1-29(2,3)41-27(39)36(28(40)42-30(4,5)6)25-16-24(19-8-7-14-32-17-19)35-37(25)21-11-9-20(10-12-21)34-26(38)22-13-15-33-18-23(22)31/h7-18H,1-6H3,(H,34,38). The van der Waals surface area contributed by atoms with E-state index in [2.05, 4.69) is 20.4 Å². The highest BCUT2D eigenvalue weighted by Gasteiger charge is 2.35. The Morgan fingerprint density at radius 3 is 2.02 bits per heavy atom. The van der Waals surface area contributed by atoms with Crippen LogP contribution in [0.5, 0.6) is 0 Å². The van der Waals surface area contributed by atoms with Crippen LogP contribution in [0.2, 0.25) is 0 Å². The number of amides is 3. The minimum atomic E-state index is -0.959. The number of pyridine rings is 2. The lowest BCUT2D eigenvalue weighted by Crippen LogP contribution is -2.44. The Labute approximate surface area is 242 Å². The highest BCUT2D eigenvalue weighted by molar-refractivity contribution is 6.09. The average molecular weight is 575 g/mol. The number of carbonyl (C=O) groups is 3. The molecule has 3 aromatic heterocycles. The first-order valence-electron chi connectivity index (χ1n) is 13.0. The number of carbonyl (C=O) groups excluding carboxylic acids is 3. The van der Waals surface area contributed by atoms with Gasteiger partial charge in [0, 0.05) is 35.9 Å². The molecule has 0 saturated heterocycles. The maximum Gasteiger partial charge on any atom is 0.425 e. The molecule has 0 unspecified atom stereocenters. The molecule has 4 aromatic rings. The van der Waals surface area contributed by atoms with Crippen LogP contribution in [0.4, 0.5) is 25.5 Å². The first-order valence-corrected chi connectivity index (χ1v) is 13.0. The Morgan fingerprint density at radius 2 is 1.48 bits per heavy atom. The molecule has 3 amide bonds. The van der Waals surface area contributed by atoms with E-state index < -0.39 is 35.1 Å². The van der Waals surface area contributed by atoms with Crippen molar-refractivity contribution in [2.45, 2.75) is 52.7 Å². The predicted octanol–water partition coefficient (Wildman–Crippen LogP) is 6.40. The van der Waals surface area contributed by atoms with Crippen molar-refractivity contribution >= 4 is 29.6 Å². The molecule has 3 heterocycles. The summed E-state index contributed by atoms with van der Waals surface area (Å²) in [6.45, 7) is 10.1. The molecule has 4 rings (SSSR count). The number of nitrogens with zero attached hydrogens (tertiary/aromatic N) is 5. The minimum absolute atomic E-state index is 0.0491. The molecule has 1 N–H and O–H groups in total. The predicted molar refractivity (Wildman–Crippen MR) is 154 cm³/mol. The average Bonchev–Trinajstić information content (AvgIpc) is 3.32. The van der Waals surface area contributed by atoms with Crippen LogP contribution >= 0.6 is 0 Å². The van der Waals surface area contributed by atoms with Crippen molar-refractivity contribution in [2.75, 3.05) is 10.2 Å². The number of anilines is 2. The molecule has 218 valence electrons. The van der Waals surface area contributed by atoms with Gasteiger partial charge in [0.1, 0.15) is 11.2 Å². The van der Waals surface area contributed by atoms with E-state index in [-0.39, 0.29) is 11.4 Å². The molecule has 0 fully saturated rings. The van der Waals surface area contributed by atoms with Gasteiger partial charge in [-0.05, 0) is 84.0 Å². The Balaban J connectivity index is 1.77. The molecule has 0 spiro atoms. The molecule has 0 saturated carbocycles. The van der Waals surface area contributed by atoms with E-state index in [4.69, 9.17) is 9.47 Å². The zero-order valence-corrected chi connectivity index (χ0v) is 24.1. The van der Waals surface area contributed by atoms with Gasteiger partial charge in [0.05, 0.1) is 23.1 Å². The van der Waals surface area contributed by atoms with Crippen LogP contribution < -0.4 is 10.2 Å². The van der Waals surface area contributed by atoms with Crippen molar-refractivity contribution in [3.63, 3.8) is 0 Å². The van der Waals surface area contributed by atoms with Crippen molar-refractivity contribution in [3.8, 4) is 16.9 Å². The first kappa shape index (κ1) is 29.8. The largest absolute Gasteiger partial charge is 0.443 e. The fraction of sp³-hybridized carbons (Fsp3) is 0.267. The van der Waals surface area contributed by atoms with E-state index in [0.29, 0.717) is 22.6 Å². The van der Waals surface area contributed by atoms with Crippen LogP contribution in [0.3, 0.4) is 0 Å². The van der Waals surface area contributed by atoms with E-state index in [1.54, 1.807) is 96.4 Å². The Hall–Kier alpha value is -5.13. The number of benzene rings is 1. The minimum Gasteiger partial charge on any atom is -0.443 e. The number of ether oxygens (including phenoxy) is 2. The van der Waals surface area contributed by atoms with E-state index in [1.165, 1.54) is 16.9 Å². The molecule has 0 aliphatic carbocycles. The topological polar surface area (TPSA) is 129 Å². The summed E-state index contributed by atoms with van der Waals surface area (Å²) in [5.41, 5.74) is -0.127. The van der Waals surface area contributed by atoms with Crippen LogP contribution in [0.25, 0.3) is 16.9 Å². The number of rotatable bonds is 5. The molecule has 0 radical (unpaired) electrons. The van der Waals surface area contributed by atoms with Crippen LogP contribution in [-0.4, -0.2) is 49.0 Å². The Kier molecular flexibility index (Phi) is 8.36. The number of hydrogen-bond acceptors (Lipinski definition) is 8. The lowest BCUT2D eigenvalue weighted by Gasteiger charge is -2.28. The second-order valence-electron chi connectivity index (χ2n) is 11.2. The molecular formula is C30H31FN6O5. The number of imide groups is 1. The van der Waals surface area contributed by atoms with Gasteiger partial charge in [-0.1, -0.05) is 0 Å². The van der Waals surface area contributed by atoms with Crippen LogP contribution in [0.15, 0.2) is 73.3 Å². The number of hydrogen-bond donors (Lipinski definition) is 1. The Bertz CT molecular complexity index is 1560. The molecule has 0 aliphatic rings. The van der Waals surface area contributed by atoms with Gasteiger partial charge >= 0.3 is 12.2 Å². The fourth-order valence-corrected chi connectivity index (χ4v) is 3.70. The van der Waals surface area contributed by atoms with Gasteiger partial charge in [-0.25, -0.2) is 18.7 Å². The van der Waals surface area contributed by atoms with Gasteiger partial charge in [0.25, 0.3) is 5.91 Å². The summed E-state index contributed by atoms with van der Waals surface area (Å²) in [6, 6.07) is 12.7. The summed E-state index contributed by atoms with van der Waals surface area (Å²) in [7, 11) is 0. The van der Waals surface area contributed by atoms with Crippen LogP contribution in [-0.2, 0) is 9.47 Å². The zero-order chi connectivity index (χ0) is 30.7. The third-order valence-corrected chi connectivity index (χ3v) is 5.42. The van der Waals surface area contributed by atoms with E-state index in [0.717, 1.165) is 11.1 Å². The summed E-state index contributed by atoms with van der Waals surface area (Å²) in [6.07, 6.45) is 3.57. The Morgan fingerprint density at radius 1 is 0.857 bits per heavy atom. The highest BCUT2D eigenvalue weighted by atomic mass is 19.1. The summed E-state index contributed by atoms with van der Waals surface area (Å²) >= 11 is 0. The summed E-state index contributed by atoms with van der Waals surface area (Å²) in [5, 5.41) is 7.29. The van der Waals surface area contributed by atoms with Gasteiger partial charge in [-0.2, -0.15) is 10.00 Å². The molecular weight excluding hydrogens is 543 g/mol. The van der Waals surface area contributed by atoms with Crippen molar-refractivity contribution < 1.29 is 28.2 Å². The van der Waals surface area contributed by atoms with E-state index >= 15 is 0 Å². The zero-order valence-electron chi connectivity index (χ0n) is 24.1. The lowest BCUT2D eigenvalue weighted by atomic mass is 10.2. The lowest BCUT2D eigenvalue weighted by molar-refractivity contribution is 0.0427. The van der Waals surface area contributed by atoms with E-state index in [1.807, 2.05) is 0 Å². The van der Waals surface area contributed by atoms with Gasteiger partial charge in [-0.15, -0.1) is 0 Å². The number of halogens is 1. The second kappa shape index (κ2) is 11.8. The van der Waals surface area contributed by atoms with Crippen molar-refractivity contribution in [3.05, 3.63) is 84.7 Å². The van der Waals surface area contributed by atoms with Crippen LogP contribution in [0.1, 0.15) is 51.9 Å². The number of nitrogens with one attached hydrogen (secondary N) is 1. The van der Waals surface area contributed by atoms with Crippen LogP contribution in [0, 0.1) is 5.82 Å². The van der Waals surface area contributed by atoms with Gasteiger partial charge in [0.2, 0.25) is 0 Å². The summed E-state index contributed by atoms with van der Waals surface area (Å²) in [4.78, 5) is 48.0. The monoisotopic (exact) mass is 574 g/mol. The SMILES string of the molecule is CC(C)(C)OC(=O)N(C(=O)OC(C)(C)C)c1cc(-c2cccnc2)nn1-c1ccc(NC(=O)c2ccncc2F)cc1. The summed E-state index contributed by atoms with van der Waals surface area (Å²) < 4.78 is 26.5. The molecule has 42 heavy (non-hydrogen) atoms. The molecule has 0 bridgehead atoms. The number of aromatic nitrogens is 4. The smallest absolute Gasteiger partial charge is 0.425 e. The van der Waals surface area contributed by atoms with Crippen molar-refractivity contribution in [1.29, 1.82) is 0 Å². The van der Waals surface area contributed by atoms with Gasteiger partial charge in [-0.3, -0.25) is 14.8 Å². The van der Waals surface area contributed by atoms with Crippen molar-refractivity contribution in [2.24, 2.45) is 0 Å². The third-order valence-electron chi connectivity index (χ3n) is 5.42. The highest BCUT2D eigenvalue weighted by Crippen LogP contribution is 2.30. The third kappa shape index (κ3) is 7.33.